The van der Waals surface area contributed by atoms with E-state index in [1.54, 1.807) is 9.58 Å². The van der Waals surface area contributed by atoms with Crippen molar-refractivity contribution in [3.8, 4) is 11.3 Å². The predicted octanol–water partition coefficient (Wildman–Crippen LogP) is 3.10. The third-order valence-corrected chi connectivity index (χ3v) is 8.63. The minimum Gasteiger partial charge on any atom is -0.351 e. The maximum Gasteiger partial charge on any atom is 0.315 e. The molecule has 2 fully saturated rings. The molecule has 0 saturated carbocycles. The summed E-state index contributed by atoms with van der Waals surface area (Å²) in [5.74, 6) is -0.0123. The van der Waals surface area contributed by atoms with Crippen molar-refractivity contribution >= 4 is 46.1 Å². The molecule has 0 bridgehead atoms. The molecular formula is C23H28ClIN6O2. The third-order valence-electron chi connectivity index (χ3n) is 7.09. The number of benzene rings is 1. The quantitative estimate of drug-likeness (QED) is 0.543. The molecule has 176 valence electrons. The van der Waals surface area contributed by atoms with E-state index in [2.05, 4.69) is 32.8 Å². The van der Waals surface area contributed by atoms with Gasteiger partial charge < -0.3 is 16.0 Å². The monoisotopic (exact) mass is 582 g/mol. The minimum atomic E-state index is -0.459. The Morgan fingerprint density at radius 3 is 2.70 bits per heavy atom. The second-order valence-electron chi connectivity index (χ2n) is 9.05. The van der Waals surface area contributed by atoms with E-state index >= 15 is 0 Å². The molecule has 3 aliphatic heterocycles. The van der Waals surface area contributed by atoms with E-state index in [1.807, 2.05) is 18.2 Å². The molecule has 0 spiro atoms. The lowest BCUT2D eigenvalue weighted by atomic mass is 10.00. The number of aromatic nitrogens is 2. The number of hydrogen-bond acceptors (Lipinski definition) is 5. The van der Waals surface area contributed by atoms with Gasteiger partial charge in [-0.3, -0.25) is 9.69 Å². The number of nitrogens with zero attached hydrogens (tertiary/aromatic N) is 4. The molecule has 1 aromatic carbocycles. The fraction of sp³-hybridized carbons (Fsp3) is 0.522. The number of carbonyl (C=O) groups is 2. The lowest BCUT2D eigenvalue weighted by Gasteiger charge is -2.34. The van der Waals surface area contributed by atoms with Gasteiger partial charge in [0.25, 0.3) is 5.91 Å². The topological polar surface area (TPSA) is 96.5 Å². The van der Waals surface area contributed by atoms with Crippen LogP contribution in [0, 0.1) is 3.57 Å². The smallest absolute Gasteiger partial charge is 0.315 e. The molecule has 2 saturated heterocycles. The fourth-order valence-corrected chi connectivity index (χ4v) is 6.01. The number of rotatable bonds is 3. The van der Waals surface area contributed by atoms with E-state index in [0.717, 1.165) is 46.4 Å². The first kappa shape index (κ1) is 23.1. The Bertz CT molecular complexity index is 1080. The summed E-state index contributed by atoms with van der Waals surface area (Å²) in [5, 5.41) is 8.95. The molecule has 3 aliphatic rings. The van der Waals surface area contributed by atoms with E-state index in [9.17, 15) is 9.59 Å². The number of halogens is 2. The highest BCUT2D eigenvalue weighted by molar-refractivity contribution is 14.1. The van der Waals surface area contributed by atoms with Gasteiger partial charge in [-0.15, -0.1) is 0 Å². The van der Waals surface area contributed by atoms with Gasteiger partial charge >= 0.3 is 6.03 Å². The van der Waals surface area contributed by atoms with E-state index in [1.165, 1.54) is 19.3 Å². The summed E-state index contributed by atoms with van der Waals surface area (Å²) >= 11 is 8.43. The zero-order valence-electron chi connectivity index (χ0n) is 18.4. The molecule has 2 amide bonds. The van der Waals surface area contributed by atoms with Gasteiger partial charge in [0.05, 0.1) is 23.0 Å². The van der Waals surface area contributed by atoms with Crippen LogP contribution in [0.5, 0.6) is 0 Å². The van der Waals surface area contributed by atoms with Gasteiger partial charge in [0.15, 0.2) is 0 Å². The number of amides is 2. The summed E-state index contributed by atoms with van der Waals surface area (Å²) in [6.45, 7) is 3.76. The summed E-state index contributed by atoms with van der Waals surface area (Å²) in [6, 6.07) is 5.18. The SMILES string of the molecule is NC(=O)N1CCc2c(c(-c3ccc(Cl)c(I)c3)nn2C(=O)C2NCCC2N2CCCCC2)C1. The van der Waals surface area contributed by atoms with Crippen LogP contribution in [0.2, 0.25) is 5.02 Å². The first-order valence-corrected chi connectivity index (χ1v) is 13.0. The number of nitrogens with two attached hydrogens (primary N) is 1. The van der Waals surface area contributed by atoms with Crippen molar-refractivity contribution < 1.29 is 9.59 Å². The number of urea groups is 1. The molecule has 4 heterocycles. The van der Waals surface area contributed by atoms with Crippen LogP contribution >= 0.6 is 34.2 Å². The van der Waals surface area contributed by atoms with Crippen LogP contribution in [0.3, 0.4) is 0 Å². The second kappa shape index (κ2) is 9.52. The Morgan fingerprint density at radius 2 is 1.97 bits per heavy atom. The molecule has 0 aliphatic carbocycles. The van der Waals surface area contributed by atoms with Crippen LogP contribution in [0.1, 0.15) is 41.7 Å². The highest BCUT2D eigenvalue weighted by Gasteiger charge is 2.40. The first-order chi connectivity index (χ1) is 15.9. The minimum absolute atomic E-state index is 0.0123. The summed E-state index contributed by atoms with van der Waals surface area (Å²) in [5.41, 5.74) is 8.94. The number of nitrogens with one attached hydrogen (secondary N) is 1. The molecule has 0 radical (unpaired) electrons. The number of likely N-dealkylation sites (tertiary alicyclic amines) is 1. The number of primary amides is 1. The number of hydrogen-bond donors (Lipinski definition) is 2. The maximum absolute atomic E-state index is 13.8. The third kappa shape index (κ3) is 4.40. The molecule has 10 heteroatoms. The lowest BCUT2D eigenvalue weighted by molar-refractivity contribution is 0.0756. The number of carbonyl (C=O) groups excluding carboxylic acids is 2. The van der Waals surface area contributed by atoms with E-state index in [-0.39, 0.29) is 18.0 Å². The molecule has 1 aromatic heterocycles. The van der Waals surface area contributed by atoms with Crippen molar-refractivity contribution in [2.45, 2.75) is 50.7 Å². The van der Waals surface area contributed by atoms with Crippen LogP contribution in [-0.2, 0) is 13.0 Å². The number of piperidine rings is 1. The van der Waals surface area contributed by atoms with Gasteiger partial charge in [0, 0.05) is 33.7 Å². The van der Waals surface area contributed by atoms with Gasteiger partial charge in [0.2, 0.25) is 0 Å². The molecule has 3 N–H and O–H groups in total. The standard InChI is InChI=1S/C23H28ClIN6O2/c24-16-5-4-14(12-17(16)25)20-15-13-30(23(26)33)11-7-18(15)31(28-20)22(32)21-19(6-8-27-21)29-9-2-1-3-10-29/h4-5,12,19,21,27H,1-3,6-11,13H2,(H2,26,33). The Morgan fingerprint density at radius 1 is 1.18 bits per heavy atom. The maximum atomic E-state index is 13.8. The van der Waals surface area contributed by atoms with E-state index in [4.69, 9.17) is 22.4 Å². The van der Waals surface area contributed by atoms with Crippen molar-refractivity contribution in [1.82, 2.24) is 24.9 Å². The van der Waals surface area contributed by atoms with E-state index in [0.29, 0.717) is 30.2 Å². The van der Waals surface area contributed by atoms with Gasteiger partial charge in [-0.25, -0.2) is 9.48 Å². The molecule has 2 aromatic rings. The van der Waals surface area contributed by atoms with Crippen molar-refractivity contribution in [1.29, 1.82) is 0 Å². The lowest BCUT2D eigenvalue weighted by Crippen LogP contribution is -2.51. The van der Waals surface area contributed by atoms with Crippen LogP contribution in [0.25, 0.3) is 11.3 Å². The van der Waals surface area contributed by atoms with Crippen molar-refractivity contribution in [3.63, 3.8) is 0 Å². The highest BCUT2D eigenvalue weighted by atomic mass is 127. The second-order valence-corrected chi connectivity index (χ2v) is 10.6. The average molecular weight is 583 g/mol. The highest BCUT2D eigenvalue weighted by Crippen LogP contribution is 2.33. The summed E-state index contributed by atoms with van der Waals surface area (Å²) in [4.78, 5) is 29.8. The Balaban J connectivity index is 1.53. The number of fused-ring (bicyclic) bond motifs is 1. The first-order valence-electron chi connectivity index (χ1n) is 11.6. The zero-order chi connectivity index (χ0) is 23.1. The molecule has 5 rings (SSSR count). The largest absolute Gasteiger partial charge is 0.351 e. The summed E-state index contributed by atoms with van der Waals surface area (Å²) in [7, 11) is 0. The van der Waals surface area contributed by atoms with Crippen LogP contribution < -0.4 is 11.1 Å². The van der Waals surface area contributed by atoms with Crippen molar-refractivity contribution in [2.75, 3.05) is 26.2 Å². The summed E-state index contributed by atoms with van der Waals surface area (Å²) < 4.78 is 2.51. The van der Waals surface area contributed by atoms with Gasteiger partial charge in [-0.05, 0) is 73.6 Å². The predicted molar refractivity (Wildman–Crippen MR) is 135 cm³/mol. The Labute approximate surface area is 211 Å². The fourth-order valence-electron chi connectivity index (χ4n) is 5.38. The van der Waals surface area contributed by atoms with Crippen LogP contribution in [0.15, 0.2) is 18.2 Å². The van der Waals surface area contributed by atoms with Crippen LogP contribution in [0.4, 0.5) is 4.79 Å². The average Bonchev–Trinajstić information content (AvgIpc) is 3.46. The Hall–Kier alpha value is -1.69. The molecule has 8 nitrogen and oxygen atoms in total. The zero-order valence-corrected chi connectivity index (χ0v) is 21.3. The normalized spacial score (nSPS) is 23.5. The van der Waals surface area contributed by atoms with Gasteiger partial charge in [-0.2, -0.15) is 5.10 Å². The van der Waals surface area contributed by atoms with Gasteiger partial charge in [-0.1, -0.05) is 24.1 Å². The molecule has 2 atom stereocenters. The molecule has 33 heavy (non-hydrogen) atoms. The molecule has 2 unspecified atom stereocenters. The Kier molecular flexibility index (Phi) is 6.65. The molecular weight excluding hydrogens is 555 g/mol. The van der Waals surface area contributed by atoms with Gasteiger partial charge in [0.1, 0.15) is 6.04 Å². The van der Waals surface area contributed by atoms with Crippen molar-refractivity contribution in [2.24, 2.45) is 5.73 Å². The van der Waals surface area contributed by atoms with Crippen LogP contribution in [-0.4, -0.2) is 69.8 Å². The van der Waals surface area contributed by atoms with E-state index < -0.39 is 6.03 Å². The van der Waals surface area contributed by atoms with Crippen molar-refractivity contribution in [3.05, 3.63) is 38.0 Å². The summed E-state index contributed by atoms with van der Waals surface area (Å²) in [6.07, 6.45) is 5.16.